The summed E-state index contributed by atoms with van der Waals surface area (Å²) >= 11 is 0. The number of carbonyl (C=O) groups excluding carboxylic acids is 3. The Bertz CT molecular complexity index is 1020. The van der Waals surface area contributed by atoms with Crippen LogP contribution in [0.1, 0.15) is 51.9 Å². The number of anilines is 1. The van der Waals surface area contributed by atoms with Crippen LogP contribution in [-0.4, -0.2) is 58.5 Å². The highest BCUT2D eigenvalue weighted by atomic mass is 16.2. The van der Waals surface area contributed by atoms with Gasteiger partial charge in [-0.1, -0.05) is 37.5 Å². The first kappa shape index (κ1) is 25.1. The van der Waals surface area contributed by atoms with Crippen LogP contribution in [0, 0.1) is 5.41 Å². The predicted molar refractivity (Wildman–Crippen MR) is 133 cm³/mol. The molecule has 2 aromatic rings. The van der Waals surface area contributed by atoms with E-state index in [-0.39, 0.29) is 12.0 Å². The maximum Gasteiger partial charge on any atom is 0.256 e. The molecule has 2 atom stereocenters. The van der Waals surface area contributed by atoms with Crippen molar-refractivity contribution in [2.75, 3.05) is 11.9 Å². The summed E-state index contributed by atoms with van der Waals surface area (Å²) in [6, 6.07) is 10.5. The van der Waals surface area contributed by atoms with E-state index in [0.29, 0.717) is 31.5 Å². The number of nitrogens with one attached hydrogen (secondary N) is 3. The highest BCUT2D eigenvalue weighted by Crippen LogP contribution is 2.28. The normalized spacial score (nSPS) is 16.7. The Labute approximate surface area is 200 Å². The zero-order chi connectivity index (χ0) is 24.6. The third kappa shape index (κ3) is 6.09. The Morgan fingerprint density at radius 1 is 1.24 bits per heavy atom. The van der Waals surface area contributed by atoms with Crippen molar-refractivity contribution in [3.63, 3.8) is 0 Å². The lowest BCUT2D eigenvalue weighted by molar-refractivity contribution is -0.145. The molecule has 1 aromatic heterocycles. The average molecular weight is 467 g/mol. The summed E-state index contributed by atoms with van der Waals surface area (Å²) in [5.41, 5.74) is 4.51. The number of benzene rings is 1. The van der Waals surface area contributed by atoms with E-state index in [1.165, 1.54) is 6.92 Å². The summed E-state index contributed by atoms with van der Waals surface area (Å²) in [4.78, 5) is 44.5. The molecule has 1 saturated carbocycles. The first-order valence-corrected chi connectivity index (χ1v) is 11.8. The van der Waals surface area contributed by atoms with Crippen molar-refractivity contribution >= 4 is 41.2 Å². The molecule has 0 radical (unpaired) electrons. The fraction of sp³-hybridized carbons (Fsp3) is 0.480. The molecule has 34 heavy (non-hydrogen) atoms. The number of para-hydroxylation sites is 1. The van der Waals surface area contributed by atoms with Crippen LogP contribution >= 0.6 is 0 Å². The van der Waals surface area contributed by atoms with E-state index in [9.17, 15) is 14.4 Å². The SMILES string of the molecule is C[C@](C=O)(Nc1ccc2ccccc2n1)C(=O)N(C1CCCCC1)[C@H](C=O)CCCNC(=N)N. The monoisotopic (exact) mass is 466 g/mol. The van der Waals surface area contributed by atoms with Gasteiger partial charge in [0.25, 0.3) is 5.91 Å². The van der Waals surface area contributed by atoms with Gasteiger partial charge < -0.3 is 30.9 Å². The highest BCUT2D eigenvalue weighted by Gasteiger charge is 2.42. The summed E-state index contributed by atoms with van der Waals surface area (Å²) in [7, 11) is 0. The van der Waals surface area contributed by atoms with Gasteiger partial charge in [-0.15, -0.1) is 0 Å². The first-order valence-electron chi connectivity index (χ1n) is 11.8. The molecule has 0 saturated heterocycles. The quantitative estimate of drug-likeness (QED) is 0.131. The second-order valence-corrected chi connectivity index (χ2v) is 9.02. The molecule has 182 valence electrons. The zero-order valence-corrected chi connectivity index (χ0v) is 19.6. The third-order valence-corrected chi connectivity index (χ3v) is 6.38. The van der Waals surface area contributed by atoms with Crippen molar-refractivity contribution in [2.45, 2.75) is 69.5 Å². The predicted octanol–water partition coefficient (Wildman–Crippen LogP) is 2.60. The van der Waals surface area contributed by atoms with Crippen molar-refractivity contribution in [1.82, 2.24) is 15.2 Å². The minimum atomic E-state index is -1.58. The number of nitrogens with two attached hydrogens (primary N) is 1. The Morgan fingerprint density at radius 3 is 2.65 bits per heavy atom. The van der Waals surface area contributed by atoms with E-state index < -0.39 is 17.5 Å². The van der Waals surface area contributed by atoms with E-state index in [2.05, 4.69) is 15.6 Å². The van der Waals surface area contributed by atoms with Crippen molar-refractivity contribution in [3.05, 3.63) is 36.4 Å². The molecule has 1 amide bonds. The van der Waals surface area contributed by atoms with Crippen LogP contribution in [0.5, 0.6) is 0 Å². The first-order chi connectivity index (χ1) is 16.4. The molecule has 0 bridgehead atoms. The van der Waals surface area contributed by atoms with Crippen LogP contribution in [0.25, 0.3) is 10.9 Å². The molecule has 1 aromatic carbocycles. The second kappa shape index (κ2) is 11.6. The molecule has 0 aliphatic heterocycles. The zero-order valence-electron chi connectivity index (χ0n) is 19.6. The number of guanidine groups is 1. The molecular formula is C25H34N6O3. The summed E-state index contributed by atoms with van der Waals surface area (Å²) in [5.74, 6) is -0.150. The van der Waals surface area contributed by atoms with E-state index >= 15 is 0 Å². The maximum absolute atomic E-state index is 13.9. The Kier molecular flexibility index (Phi) is 8.56. The van der Waals surface area contributed by atoms with E-state index in [0.717, 1.165) is 49.3 Å². The van der Waals surface area contributed by atoms with Crippen molar-refractivity contribution in [2.24, 2.45) is 5.73 Å². The minimum absolute atomic E-state index is 0.108. The Morgan fingerprint density at radius 2 is 1.97 bits per heavy atom. The van der Waals surface area contributed by atoms with Gasteiger partial charge in [0.15, 0.2) is 17.8 Å². The van der Waals surface area contributed by atoms with Gasteiger partial charge in [0.2, 0.25) is 0 Å². The standard InChI is InChI=1S/C25H34N6O3/c1-25(17-33,30-22-14-13-18-8-5-6-12-21(18)29-22)23(34)31(19-9-3-2-4-10-19)20(16-32)11-7-15-28-24(26)27/h5-6,8,12-14,16-17,19-20H,2-4,7,9-11,15H2,1H3,(H,29,30)(H4,26,27,28)/t20-,25+/m0/s1. The van der Waals surface area contributed by atoms with Crippen LogP contribution in [0.3, 0.4) is 0 Å². The molecule has 5 N–H and O–H groups in total. The van der Waals surface area contributed by atoms with Gasteiger partial charge in [0.1, 0.15) is 12.1 Å². The van der Waals surface area contributed by atoms with E-state index in [4.69, 9.17) is 11.1 Å². The molecular weight excluding hydrogens is 432 g/mol. The molecule has 9 heteroatoms. The van der Waals surface area contributed by atoms with Gasteiger partial charge in [-0.05, 0) is 50.8 Å². The number of aromatic nitrogens is 1. The maximum atomic E-state index is 13.9. The van der Waals surface area contributed by atoms with Crippen LogP contribution in [0.4, 0.5) is 5.82 Å². The lowest BCUT2D eigenvalue weighted by Crippen LogP contribution is -2.60. The number of pyridine rings is 1. The summed E-state index contributed by atoms with van der Waals surface area (Å²) < 4.78 is 0. The van der Waals surface area contributed by atoms with Crippen molar-refractivity contribution in [1.29, 1.82) is 5.41 Å². The van der Waals surface area contributed by atoms with Gasteiger partial charge in [0.05, 0.1) is 11.6 Å². The number of hydrogen-bond donors (Lipinski definition) is 4. The van der Waals surface area contributed by atoms with Crippen LogP contribution < -0.4 is 16.4 Å². The van der Waals surface area contributed by atoms with Gasteiger partial charge in [-0.25, -0.2) is 4.98 Å². The minimum Gasteiger partial charge on any atom is -0.370 e. The number of hydrogen-bond acceptors (Lipinski definition) is 6. The molecule has 1 aliphatic rings. The number of rotatable bonds is 11. The fourth-order valence-corrected chi connectivity index (χ4v) is 4.56. The van der Waals surface area contributed by atoms with Gasteiger partial charge in [0, 0.05) is 18.0 Å². The molecule has 3 rings (SSSR count). The lowest BCUT2D eigenvalue weighted by Gasteiger charge is -2.41. The number of fused-ring (bicyclic) bond motifs is 1. The number of nitrogens with zero attached hydrogens (tertiary/aromatic N) is 2. The fourth-order valence-electron chi connectivity index (χ4n) is 4.56. The highest BCUT2D eigenvalue weighted by molar-refractivity contribution is 6.05. The van der Waals surface area contributed by atoms with Crippen LogP contribution in [-0.2, 0) is 14.4 Å². The summed E-state index contributed by atoms with van der Waals surface area (Å²) in [5, 5.41) is 14.0. The summed E-state index contributed by atoms with van der Waals surface area (Å²) in [6.45, 7) is 1.96. The Hall–Kier alpha value is -3.49. The average Bonchev–Trinajstić information content (AvgIpc) is 2.85. The van der Waals surface area contributed by atoms with Crippen molar-refractivity contribution < 1.29 is 14.4 Å². The smallest absolute Gasteiger partial charge is 0.256 e. The second-order valence-electron chi connectivity index (χ2n) is 9.02. The number of carbonyl (C=O) groups is 3. The van der Waals surface area contributed by atoms with Crippen molar-refractivity contribution in [3.8, 4) is 0 Å². The molecule has 0 unspecified atom stereocenters. The van der Waals surface area contributed by atoms with Gasteiger partial charge >= 0.3 is 0 Å². The number of aldehydes is 2. The van der Waals surface area contributed by atoms with E-state index in [1.54, 1.807) is 11.0 Å². The van der Waals surface area contributed by atoms with Gasteiger partial charge in [-0.2, -0.15) is 0 Å². The molecule has 0 spiro atoms. The largest absolute Gasteiger partial charge is 0.370 e. The van der Waals surface area contributed by atoms with Gasteiger partial charge in [-0.3, -0.25) is 10.2 Å². The van der Waals surface area contributed by atoms with E-state index in [1.807, 2.05) is 30.3 Å². The number of amides is 1. The molecule has 9 nitrogen and oxygen atoms in total. The van der Waals surface area contributed by atoms with Crippen LogP contribution in [0.2, 0.25) is 0 Å². The third-order valence-electron chi connectivity index (χ3n) is 6.38. The lowest BCUT2D eigenvalue weighted by atomic mass is 9.90. The van der Waals surface area contributed by atoms with Crippen LogP contribution in [0.15, 0.2) is 36.4 Å². The topological polar surface area (TPSA) is 141 Å². The molecule has 1 aliphatic carbocycles. The molecule has 1 fully saturated rings. The molecule has 1 heterocycles. The Balaban J connectivity index is 1.85. The summed E-state index contributed by atoms with van der Waals surface area (Å²) in [6.07, 6.45) is 6.99.